The van der Waals surface area contributed by atoms with Gasteiger partial charge in [-0.1, -0.05) is 0 Å². The number of fused-ring (bicyclic) bond motifs is 1. The average Bonchev–Trinajstić information content (AvgIpc) is 3.27. The van der Waals surface area contributed by atoms with Crippen LogP contribution in [0, 0.1) is 11.3 Å². The maximum absolute atomic E-state index is 9.92. The van der Waals surface area contributed by atoms with Crippen LogP contribution in [0.15, 0.2) is 18.3 Å². The average molecular weight is 521 g/mol. The largest absolute Gasteiger partial charge is 0.377 e. The molecule has 0 N–H and O–H groups in total. The summed E-state index contributed by atoms with van der Waals surface area (Å²) in [6.45, 7) is 4.30. The van der Waals surface area contributed by atoms with Gasteiger partial charge < -0.3 is 9.64 Å². The molecule has 1 saturated carbocycles. The summed E-state index contributed by atoms with van der Waals surface area (Å²) in [5, 5.41) is 19.4. The summed E-state index contributed by atoms with van der Waals surface area (Å²) in [6, 6.07) is 6.88. The predicted molar refractivity (Wildman–Crippen MR) is 122 cm³/mol. The lowest BCUT2D eigenvalue weighted by molar-refractivity contribution is 0.0985. The molecule has 4 heterocycles. The van der Waals surface area contributed by atoms with E-state index >= 15 is 0 Å². The van der Waals surface area contributed by atoms with Crippen molar-refractivity contribution in [2.75, 3.05) is 24.7 Å². The molecule has 5 rings (SSSR count). The van der Waals surface area contributed by atoms with Crippen LogP contribution in [0.5, 0.6) is 0 Å². The van der Waals surface area contributed by atoms with Gasteiger partial charge in [0.15, 0.2) is 0 Å². The third-order valence-electron chi connectivity index (χ3n) is 5.84. The number of halogens is 1. The van der Waals surface area contributed by atoms with Gasteiger partial charge in [-0.3, -0.25) is 4.68 Å². The first kappa shape index (κ1) is 19.2. The van der Waals surface area contributed by atoms with E-state index in [1.54, 1.807) is 0 Å². The number of aryl methyl sites for hydroxylation is 1. The van der Waals surface area contributed by atoms with E-state index in [1.807, 2.05) is 28.4 Å². The zero-order chi connectivity index (χ0) is 20.2. The lowest BCUT2D eigenvalue weighted by atomic mass is 9.96. The number of rotatable bonds is 4. The zero-order valence-electron chi connectivity index (χ0n) is 16.3. The summed E-state index contributed by atoms with van der Waals surface area (Å²) < 4.78 is 9.38. The zero-order valence-corrected chi connectivity index (χ0v) is 19.4. The first-order chi connectivity index (χ1) is 14.1. The number of hydrogen-bond acceptors (Lipinski definition) is 6. The smallest absolute Gasteiger partial charge is 0.139 e. The maximum atomic E-state index is 9.92. The standard InChI is InChI=1S/C19H21IN7OP/c1-12-10-28-8-7-26(12)15-9-13(19(11-21)4-5-19)18-17(22-15)16(24-25(18)2)14-3-6-27(23-14)29-20/h3,6,9,12,29H,4-5,7-8,10H2,1-2H3/t12-/m1/s1. The summed E-state index contributed by atoms with van der Waals surface area (Å²) >= 11 is 2.31. The Hall–Kier alpha value is -1.76. The van der Waals surface area contributed by atoms with Crippen molar-refractivity contribution in [1.82, 2.24) is 24.3 Å². The van der Waals surface area contributed by atoms with Crippen LogP contribution in [-0.2, 0) is 17.2 Å². The second-order valence-corrected chi connectivity index (χ2v) is 9.81. The number of anilines is 1. The fraction of sp³-hybridized carbons (Fsp3) is 0.474. The van der Waals surface area contributed by atoms with Crippen LogP contribution < -0.4 is 4.90 Å². The molecule has 10 heteroatoms. The van der Waals surface area contributed by atoms with Gasteiger partial charge in [0.05, 0.1) is 42.6 Å². The highest BCUT2D eigenvalue weighted by molar-refractivity contribution is 14.2. The first-order valence-corrected chi connectivity index (χ1v) is 13.7. The fourth-order valence-corrected chi connectivity index (χ4v) is 5.16. The normalized spacial score (nSPS) is 21.2. The van der Waals surface area contributed by atoms with E-state index < -0.39 is 5.41 Å². The lowest BCUT2D eigenvalue weighted by Gasteiger charge is -2.34. The predicted octanol–water partition coefficient (Wildman–Crippen LogP) is 3.40. The van der Waals surface area contributed by atoms with Gasteiger partial charge in [-0.2, -0.15) is 15.5 Å². The lowest BCUT2D eigenvalue weighted by Crippen LogP contribution is -2.44. The second-order valence-electron chi connectivity index (χ2n) is 7.74. The molecule has 2 fully saturated rings. The molecule has 8 nitrogen and oxygen atoms in total. The van der Waals surface area contributed by atoms with E-state index in [-0.39, 0.29) is 6.04 Å². The highest BCUT2D eigenvalue weighted by Crippen LogP contribution is 2.51. The van der Waals surface area contributed by atoms with Crippen LogP contribution in [0.1, 0.15) is 25.3 Å². The van der Waals surface area contributed by atoms with Crippen molar-refractivity contribution in [2.24, 2.45) is 7.05 Å². The second kappa shape index (κ2) is 7.18. The van der Waals surface area contributed by atoms with Crippen LogP contribution >= 0.6 is 28.4 Å². The fourth-order valence-electron chi connectivity index (χ4n) is 4.08. The topological polar surface area (TPSA) is 84.8 Å². The van der Waals surface area contributed by atoms with Crippen molar-refractivity contribution in [1.29, 1.82) is 5.26 Å². The molecular weight excluding hydrogens is 500 g/mol. The van der Waals surface area contributed by atoms with Gasteiger partial charge in [0.2, 0.25) is 0 Å². The van der Waals surface area contributed by atoms with Gasteiger partial charge in [0.25, 0.3) is 0 Å². The van der Waals surface area contributed by atoms with Crippen LogP contribution in [0.25, 0.3) is 22.4 Å². The minimum atomic E-state index is -0.431. The number of ether oxygens (including phenoxy) is 1. The molecule has 3 aromatic rings. The van der Waals surface area contributed by atoms with Gasteiger partial charge in [-0.05, 0) is 53.9 Å². The summed E-state index contributed by atoms with van der Waals surface area (Å²) in [7, 11) is 1.93. The van der Waals surface area contributed by atoms with Crippen LogP contribution in [0.3, 0.4) is 0 Å². The van der Waals surface area contributed by atoms with Crippen molar-refractivity contribution in [2.45, 2.75) is 31.2 Å². The Balaban J connectivity index is 1.75. The molecule has 1 aliphatic carbocycles. The van der Waals surface area contributed by atoms with Crippen molar-refractivity contribution in [3.63, 3.8) is 0 Å². The maximum Gasteiger partial charge on any atom is 0.139 e. The molecule has 1 aliphatic heterocycles. The summed E-state index contributed by atoms with van der Waals surface area (Å²) in [4.78, 5) is 7.33. The number of hydrogen-bond donors (Lipinski definition) is 0. The monoisotopic (exact) mass is 521 g/mol. The molecule has 0 amide bonds. The van der Waals surface area contributed by atoms with Crippen molar-refractivity contribution in [3.05, 3.63) is 23.9 Å². The number of nitriles is 1. The molecule has 3 aromatic heterocycles. The number of morpholine rings is 1. The Morgan fingerprint density at radius 1 is 1.38 bits per heavy atom. The minimum absolute atomic E-state index is 0.235. The highest BCUT2D eigenvalue weighted by atomic mass is 127. The molecule has 2 aliphatic rings. The summed E-state index contributed by atoms with van der Waals surface area (Å²) in [6.07, 6.45) is 4.26. The molecule has 1 unspecified atom stereocenters. The van der Waals surface area contributed by atoms with Gasteiger partial charge in [0, 0.05) is 25.4 Å². The van der Waals surface area contributed by atoms with E-state index in [2.05, 4.69) is 51.1 Å². The molecule has 150 valence electrons. The number of aromatic nitrogens is 5. The SMILES string of the molecule is C[C@@H]1COCCN1c1cc(C2(C#N)CC2)c2c(n1)c(-c1ccn(PI)n1)nn2C. The molecule has 2 atom stereocenters. The van der Waals surface area contributed by atoms with Gasteiger partial charge in [-0.25, -0.2) is 9.44 Å². The molecule has 0 spiro atoms. The molecule has 0 radical (unpaired) electrons. The van der Waals surface area contributed by atoms with E-state index in [9.17, 15) is 5.26 Å². The third kappa shape index (κ3) is 3.13. The third-order valence-corrected chi connectivity index (χ3v) is 7.74. The Labute approximate surface area is 183 Å². The first-order valence-electron chi connectivity index (χ1n) is 9.63. The number of nitrogens with zero attached hydrogens (tertiary/aromatic N) is 7. The summed E-state index contributed by atoms with van der Waals surface area (Å²) in [5.74, 6) is 0.897. The molecular formula is C19H21IN7OP. The van der Waals surface area contributed by atoms with Crippen molar-refractivity contribution >= 4 is 45.3 Å². The van der Waals surface area contributed by atoms with E-state index in [0.29, 0.717) is 19.6 Å². The van der Waals surface area contributed by atoms with Gasteiger partial charge >= 0.3 is 0 Å². The van der Waals surface area contributed by atoms with Crippen LogP contribution in [0.4, 0.5) is 5.82 Å². The van der Waals surface area contributed by atoms with Gasteiger partial charge in [0.1, 0.15) is 22.7 Å². The van der Waals surface area contributed by atoms with Crippen LogP contribution in [-0.4, -0.2) is 50.1 Å². The minimum Gasteiger partial charge on any atom is -0.377 e. The quantitative estimate of drug-likeness (QED) is 0.387. The van der Waals surface area contributed by atoms with E-state index in [4.69, 9.17) is 14.8 Å². The molecule has 0 aromatic carbocycles. The molecule has 1 saturated heterocycles. The number of pyridine rings is 1. The van der Waals surface area contributed by atoms with Crippen molar-refractivity contribution in [3.8, 4) is 17.5 Å². The Kier molecular flexibility index (Phi) is 4.76. The summed E-state index contributed by atoms with van der Waals surface area (Å²) in [5.41, 5.74) is 3.95. The van der Waals surface area contributed by atoms with E-state index in [0.717, 1.165) is 53.2 Å². The Morgan fingerprint density at radius 3 is 2.86 bits per heavy atom. The Bertz CT molecular complexity index is 1130. The highest BCUT2D eigenvalue weighted by Gasteiger charge is 2.47. The van der Waals surface area contributed by atoms with Crippen LogP contribution in [0.2, 0.25) is 0 Å². The molecule has 0 bridgehead atoms. The van der Waals surface area contributed by atoms with Crippen molar-refractivity contribution < 1.29 is 4.74 Å². The molecule has 29 heavy (non-hydrogen) atoms. The van der Waals surface area contributed by atoms with E-state index in [1.165, 1.54) is 0 Å². The van der Waals surface area contributed by atoms with Gasteiger partial charge in [-0.15, -0.1) is 0 Å². The Morgan fingerprint density at radius 2 is 2.21 bits per heavy atom.